The minimum atomic E-state index is -1.60. The molecular weight excluding hydrogens is 156 g/mol. The van der Waals surface area contributed by atoms with Crippen LogP contribution in [0.25, 0.3) is 0 Å². The molecule has 0 radical (unpaired) electrons. The standard InChI is InChI=1S/H4N2O2S3/c1-6(3)5-7(2)4/h1-2H2. The molecule has 0 aliphatic rings. The molecular formula is H4N2O2S3. The summed E-state index contributed by atoms with van der Waals surface area (Å²) in [6, 6.07) is 0. The van der Waals surface area contributed by atoms with Gasteiger partial charge in [0.25, 0.3) is 0 Å². The quantitative estimate of drug-likeness (QED) is 0.497. The highest BCUT2D eigenvalue weighted by molar-refractivity contribution is 9.00. The Hall–Kier alpha value is 0.570. The van der Waals surface area contributed by atoms with E-state index in [9.17, 15) is 8.42 Å². The van der Waals surface area contributed by atoms with Crippen molar-refractivity contribution in [3.8, 4) is 0 Å². The van der Waals surface area contributed by atoms with Gasteiger partial charge in [-0.15, -0.1) is 0 Å². The number of hydrogen-bond donors (Lipinski definition) is 2. The van der Waals surface area contributed by atoms with Crippen LogP contribution < -0.4 is 10.3 Å². The number of hydrogen-bond acceptors (Lipinski definition) is 3. The van der Waals surface area contributed by atoms with Crippen LogP contribution in [0.15, 0.2) is 0 Å². The van der Waals surface area contributed by atoms with Gasteiger partial charge in [-0.3, -0.25) is 0 Å². The lowest BCUT2D eigenvalue weighted by Gasteiger charge is -1.83. The zero-order valence-electron chi connectivity index (χ0n) is 3.20. The normalized spacial score (nSPS) is 18.6. The summed E-state index contributed by atoms with van der Waals surface area (Å²) in [5.74, 6) is 0. The summed E-state index contributed by atoms with van der Waals surface area (Å²) in [4.78, 5) is 0. The van der Waals surface area contributed by atoms with Gasteiger partial charge in [0, 0.05) is 0 Å². The number of rotatable bonds is 2. The molecule has 2 atom stereocenters. The van der Waals surface area contributed by atoms with Crippen LogP contribution in [0.1, 0.15) is 0 Å². The molecule has 0 heterocycles. The van der Waals surface area contributed by atoms with E-state index in [-0.39, 0.29) is 0 Å². The Morgan fingerprint density at radius 1 is 1.14 bits per heavy atom. The summed E-state index contributed by atoms with van der Waals surface area (Å²) in [6.45, 7) is 0. The molecule has 0 aromatic carbocycles. The first-order valence-corrected chi connectivity index (χ1v) is 5.41. The summed E-state index contributed by atoms with van der Waals surface area (Å²) in [5.41, 5.74) is 0. The third kappa shape index (κ3) is 6.57. The number of nitrogens with two attached hydrogens (primary N) is 2. The summed E-state index contributed by atoms with van der Waals surface area (Å²) >= 11 is 0. The van der Waals surface area contributed by atoms with Crippen LogP contribution in [-0.2, 0) is 20.0 Å². The molecule has 0 aliphatic heterocycles. The lowest BCUT2D eigenvalue weighted by atomic mass is 14.0. The summed E-state index contributed by atoms with van der Waals surface area (Å²) in [7, 11) is -2.70. The van der Waals surface area contributed by atoms with E-state index in [1.165, 1.54) is 0 Å². The summed E-state index contributed by atoms with van der Waals surface area (Å²) in [5, 5.41) is 9.31. The van der Waals surface area contributed by atoms with Gasteiger partial charge in [0.2, 0.25) is 0 Å². The molecule has 0 spiro atoms. The van der Waals surface area contributed by atoms with Crippen molar-refractivity contribution in [2.24, 2.45) is 10.3 Å². The van der Waals surface area contributed by atoms with Crippen LogP contribution in [-0.4, -0.2) is 8.42 Å². The molecule has 2 unspecified atom stereocenters. The zero-order chi connectivity index (χ0) is 5.86. The first-order valence-electron chi connectivity index (χ1n) is 1.14. The van der Waals surface area contributed by atoms with Gasteiger partial charge in [-0.1, -0.05) is 0 Å². The smallest absolute Gasteiger partial charge is 0.165 e. The fourth-order valence-electron chi connectivity index (χ4n) is 0.0661. The van der Waals surface area contributed by atoms with Crippen molar-refractivity contribution in [3.05, 3.63) is 0 Å². The van der Waals surface area contributed by atoms with Gasteiger partial charge in [-0.25, -0.2) is 18.7 Å². The minimum absolute atomic E-state index is 0.509. The molecule has 0 aromatic heterocycles. The second-order valence-corrected chi connectivity index (χ2v) is 5.37. The van der Waals surface area contributed by atoms with Gasteiger partial charge >= 0.3 is 0 Å². The van der Waals surface area contributed by atoms with Crippen molar-refractivity contribution >= 4 is 29.9 Å². The third-order valence-electron chi connectivity index (χ3n) is 0.134. The maximum Gasteiger partial charge on any atom is 0.165 e. The van der Waals surface area contributed by atoms with Crippen LogP contribution in [0, 0.1) is 0 Å². The van der Waals surface area contributed by atoms with Gasteiger partial charge in [-0.05, 0) is 0 Å². The van der Waals surface area contributed by atoms with Crippen molar-refractivity contribution in [1.29, 1.82) is 0 Å². The van der Waals surface area contributed by atoms with Crippen LogP contribution >= 0.6 is 9.83 Å². The Bertz CT molecular complexity index is 87.1. The van der Waals surface area contributed by atoms with Gasteiger partial charge in [0.1, 0.15) is 0 Å². The highest BCUT2D eigenvalue weighted by Gasteiger charge is 1.93. The molecule has 0 aromatic rings. The van der Waals surface area contributed by atoms with E-state index in [4.69, 9.17) is 0 Å². The molecule has 0 saturated carbocycles. The van der Waals surface area contributed by atoms with Gasteiger partial charge in [0.05, 0.1) is 9.83 Å². The predicted molar refractivity (Wildman–Crippen MR) is 32.3 cm³/mol. The first kappa shape index (κ1) is 7.57. The fraction of sp³-hybridized carbons (Fsp3) is 0. The largest absolute Gasteiger partial charge is 0.242 e. The van der Waals surface area contributed by atoms with E-state index in [1.54, 1.807) is 0 Å². The maximum absolute atomic E-state index is 9.83. The molecule has 0 rings (SSSR count). The Morgan fingerprint density at radius 3 is 1.43 bits per heavy atom. The third-order valence-corrected chi connectivity index (χ3v) is 3.62. The fourth-order valence-corrected chi connectivity index (χ4v) is 1.78. The maximum atomic E-state index is 9.83. The van der Waals surface area contributed by atoms with Crippen molar-refractivity contribution in [3.63, 3.8) is 0 Å². The molecule has 0 aliphatic carbocycles. The van der Waals surface area contributed by atoms with Crippen molar-refractivity contribution < 1.29 is 8.42 Å². The highest BCUT2D eigenvalue weighted by atomic mass is 33.5. The molecule has 0 fully saturated rings. The monoisotopic (exact) mass is 160 g/mol. The second-order valence-electron chi connectivity index (χ2n) is 0.589. The van der Waals surface area contributed by atoms with Crippen LogP contribution in [0.2, 0.25) is 0 Å². The van der Waals surface area contributed by atoms with E-state index in [2.05, 4.69) is 10.3 Å². The average Bonchev–Trinajstić information content (AvgIpc) is 1.27. The second kappa shape index (κ2) is 3.56. The minimum Gasteiger partial charge on any atom is -0.242 e. The van der Waals surface area contributed by atoms with Crippen LogP contribution in [0.4, 0.5) is 0 Å². The van der Waals surface area contributed by atoms with Crippen LogP contribution in [0.5, 0.6) is 0 Å². The Kier molecular flexibility index (Phi) is 3.85. The van der Waals surface area contributed by atoms with Gasteiger partial charge in [0.15, 0.2) is 20.0 Å². The molecule has 4 N–H and O–H groups in total. The Labute approximate surface area is 49.0 Å². The molecule has 0 amide bonds. The zero-order valence-corrected chi connectivity index (χ0v) is 5.65. The van der Waals surface area contributed by atoms with E-state index >= 15 is 0 Å². The Morgan fingerprint density at radius 2 is 1.43 bits per heavy atom. The van der Waals surface area contributed by atoms with Gasteiger partial charge in [-0.2, -0.15) is 0 Å². The van der Waals surface area contributed by atoms with Crippen molar-refractivity contribution in [2.75, 3.05) is 0 Å². The molecule has 0 bridgehead atoms. The summed E-state index contributed by atoms with van der Waals surface area (Å²) in [6.07, 6.45) is 0. The Balaban J connectivity index is 3.32. The SMILES string of the molecule is NS(=O)SS(N)=O. The highest BCUT2D eigenvalue weighted by Crippen LogP contribution is 2.01. The molecule has 44 valence electrons. The van der Waals surface area contributed by atoms with Crippen molar-refractivity contribution in [1.82, 2.24) is 0 Å². The molecule has 7 heavy (non-hydrogen) atoms. The molecule has 4 nitrogen and oxygen atoms in total. The van der Waals surface area contributed by atoms with E-state index in [0.29, 0.717) is 9.83 Å². The lowest BCUT2D eigenvalue weighted by molar-refractivity contribution is 0.692. The van der Waals surface area contributed by atoms with Crippen LogP contribution in [0.3, 0.4) is 0 Å². The first-order chi connectivity index (χ1) is 3.13. The molecule has 7 heteroatoms. The van der Waals surface area contributed by atoms with E-state index in [1.807, 2.05) is 0 Å². The summed E-state index contributed by atoms with van der Waals surface area (Å²) < 4.78 is 19.7. The topological polar surface area (TPSA) is 86.2 Å². The lowest BCUT2D eigenvalue weighted by Crippen LogP contribution is -2.03. The predicted octanol–water partition coefficient (Wildman–Crippen LogP) is -1.21. The van der Waals surface area contributed by atoms with E-state index < -0.39 is 20.0 Å². The average molecular weight is 160 g/mol. The molecule has 0 saturated heterocycles. The van der Waals surface area contributed by atoms with Gasteiger partial charge < -0.3 is 0 Å². The van der Waals surface area contributed by atoms with E-state index in [0.717, 1.165) is 0 Å². The van der Waals surface area contributed by atoms with Crippen molar-refractivity contribution in [2.45, 2.75) is 0 Å².